The largest absolute Gasteiger partial charge is 0.375 e. The Balaban J connectivity index is 2.42. The van der Waals surface area contributed by atoms with Gasteiger partial charge in [-0.1, -0.05) is 47.0 Å². The van der Waals surface area contributed by atoms with Gasteiger partial charge in [0, 0.05) is 6.61 Å². The molecule has 0 aromatic carbocycles. The van der Waals surface area contributed by atoms with E-state index >= 15 is 0 Å². The van der Waals surface area contributed by atoms with Gasteiger partial charge >= 0.3 is 0 Å². The molecule has 126 valence electrons. The van der Waals surface area contributed by atoms with E-state index in [-0.39, 0.29) is 11.8 Å². The van der Waals surface area contributed by atoms with E-state index in [1.54, 1.807) is 0 Å². The van der Waals surface area contributed by atoms with Crippen LogP contribution in [0.1, 0.15) is 66.7 Å². The number of hydrogen-bond donors (Lipinski definition) is 0. The van der Waals surface area contributed by atoms with Gasteiger partial charge in [0.15, 0.2) is 6.17 Å². The van der Waals surface area contributed by atoms with Gasteiger partial charge in [-0.3, -0.25) is 0 Å². The van der Waals surface area contributed by atoms with Gasteiger partial charge < -0.3 is 4.74 Å². The summed E-state index contributed by atoms with van der Waals surface area (Å²) in [6.07, 6.45) is 1.63. The monoisotopic (exact) mass is 304 g/mol. The minimum absolute atomic E-state index is 0.114. The molecule has 1 aliphatic carbocycles. The van der Waals surface area contributed by atoms with Crippen molar-refractivity contribution in [3.05, 3.63) is 0 Å². The average molecular weight is 304 g/mol. The minimum atomic E-state index is -1.45. The van der Waals surface area contributed by atoms with Crippen molar-refractivity contribution >= 4 is 0 Å². The summed E-state index contributed by atoms with van der Waals surface area (Å²) in [5, 5.41) is 0. The fourth-order valence-corrected chi connectivity index (χ4v) is 3.48. The lowest BCUT2D eigenvalue weighted by Gasteiger charge is -2.39. The summed E-state index contributed by atoms with van der Waals surface area (Å²) in [6.45, 7) is 11.0. The van der Waals surface area contributed by atoms with Crippen molar-refractivity contribution in [3.63, 3.8) is 0 Å². The minimum Gasteiger partial charge on any atom is -0.375 e. The van der Waals surface area contributed by atoms with Gasteiger partial charge in [-0.25, -0.2) is 8.78 Å². The molecule has 1 aliphatic rings. The lowest BCUT2D eigenvalue weighted by molar-refractivity contribution is -0.100. The van der Waals surface area contributed by atoms with Gasteiger partial charge in [-0.15, -0.1) is 0 Å². The van der Waals surface area contributed by atoms with E-state index in [1.165, 1.54) is 12.8 Å². The molecule has 6 atom stereocenters. The van der Waals surface area contributed by atoms with Crippen LogP contribution in [0.25, 0.3) is 0 Å². The lowest BCUT2D eigenvalue weighted by atomic mass is 9.75. The van der Waals surface area contributed by atoms with Gasteiger partial charge in [0.1, 0.15) is 6.17 Å². The fraction of sp³-hybridized carbons (Fsp3) is 1.00. The van der Waals surface area contributed by atoms with Crippen LogP contribution < -0.4 is 0 Å². The highest BCUT2D eigenvalue weighted by Crippen LogP contribution is 2.38. The van der Waals surface area contributed by atoms with Crippen molar-refractivity contribution in [1.29, 1.82) is 0 Å². The predicted molar refractivity (Wildman–Crippen MR) is 84.9 cm³/mol. The standard InChI is InChI=1S/C18H34F2O/c1-6-21-18-14(5)11-15(16(19)17(18)20)10-9-13(4)8-7-12(2)3/h12-18H,6-11H2,1-5H3. The van der Waals surface area contributed by atoms with Gasteiger partial charge in [0.25, 0.3) is 0 Å². The molecule has 1 saturated carbocycles. The van der Waals surface area contributed by atoms with E-state index in [1.807, 2.05) is 13.8 Å². The summed E-state index contributed by atoms with van der Waals surface area (Å²) in [4.78, 5) is 0. The van der Waals surface area contributed by atoms with Crippen LogP contribution in [0.15, 0.2) is 0 Å². The Kier molecular flexibility index (Phi) is 8.15. The Morgan fingerprint density at radius 3 is 2.29 bits per heavy atom. The molecule has 1 nitrogen and oxygen atoms in total. The van der Waals surface area contributed by atoms with E-state index in [0.29, 0.717) is 12.5 Å². The maximum Gasteiger partial charge on any atom is 0.158 e. The molecule has 1 rings (SSSR count). The quantitative estimate of drug-likeness (QED) is 0.569. The summed E-state index contributed by atoms with van der Waals surface area (Å²) < 4.78 is 33.9. The maximum absolute atomic E-state index is 14.3. The number of halogens is 2. The molecule has 0 aliphatic heterocycles. The van der Waals surface area contributed by atoms with Crippen molar-refractivity contribution in [3.8, 4) is 0 Å². The van der Waals surface area contributed by atoms with E-state index in [4.69, 9.17) is 4.74 Å². The van der Waals surface area contributed by atoms with Gasteiger partial charge in [0.05, 0.1) is 6.10 Å². The van der Waals surface area contributed by atoms with Crippen molar-refractivity contribution in [2.75, 3.05) is 6.61 Å². The predicted octanol–water partition coefficient (Wildman–Crippen LogP) is 5.58. The zero-order chi connectivity index (χ0) is 16.0. The number of alkyl halides is 2. The third kappa shape index (κ3) is 5.84. The average Bonchev–Trinajstić information content (AvgIpc) is 2.43. The van der Waals surface area contributed by atoms with Crippen LogP contribution in [0.2, 0.25) is 0 Å². The normalized spacial score (nSPS) is 35.1. The van der Waals surface area contributed by atoms with Crippen molar-refractivity contribution in [2.24, 2.45) is 23.7 Å². The summed E-state index contributed by atoms with van der Waals surface area (Å²) >= 11 is 0. The fourth-order valence-electron chi connectivity index (χ4n) is 3.48. The van der Waals surface area contributed by atoms with Crippen molar-refractivity contribution in [1.82, 2.24) is 0 Å². The summed E-state index contributed by atoms with van der Waals surface area (Å²) in [6, 6.07) is 0. The van der Waals surface area contributed by atoms with Gasteiger partial charge in [0.2, 0.25) is 0 Å². The van der Waals surface area contributed by atoms with E-state index < -0.39 is 18.4 Å². The topological polar surface area (TPSA) is 9.23 Å². The highest BCUT2D eigenvalue weighted by atomic mass is 19.2. The molecule has 0 aromatic heterocycles. The first-order chi connectivity index (χ1) is 9.86. The smallest absolute Gasteiger partial charge is 0.158 e. The molecule has 0 bridgehead atoms. The van der Waals surface area contributed by atoms with E-state index in [0.717, 1.165) is 25.2 Å². The van der Waals surface area contributed by atoms with Crippen molar-refractivity contribution < 1.29 is 13.5 Å². The Morgan fingerprint density at radius 2 is 1.71 bits per heavy atom. The van der Waals surface area contributed by atoms with E-state index in [9.17, 15) is 8.78 Å². The molecule has 21 heavy (non-hydrogen) atoms. The number of rotatable bonds is 8. The van der Waals surface area contributed by atoms with Crippen LogP contribution in [0, 0.1) is 23.7 Å². The molecule has 1 fully saturated rings. The molecule has 0 N–H and O–H groups in total. The third-order valence-electron chi connectivity index (χ3n) is 4.93. The van der Waals surface area contributed by atoms with Crippen molar-refractivity contribution in [2.45, 2.75) is 85.2 Å². The Labute approximate surface area is 129 Å². The van der Waals surface area contributed by atoms with Crippen LogP contribution >= 0.6 is 0 Å². The second-order valence-corrected chi connectivity index (χ2v) is 7.44. The Bertz CT molecular complexity index is 282. The first-order valence-electron chi connectivity index (χ1n) is 8.76. The Morgan fingerprint density at radius 1 is 1.05 bits per heavy atom. The molecule has 6 unspecified atom stereocenters. The first-order valence-corrected chi connectivity index (χ1v) is 8.76. The second kappa shape index (κ2) is 9.07. The van der Waals surface area contributed by atoms with Crippen LogP contribution in [0.3, 0.4) is 0 Å². The molecule has 0 radical (unpaired) electrons. The van der Waals surface area contributed by atoms with Crippen LogP contribution in [0.5, 0.6) is 0 Å². The van der Waals surface area contributed by atoms with E-state index in [2.05, 4.69) is 20.8 Å². The second-order valence-electron chi connectivity index (χ2n) is 7.44. The highest BCUT2D eigenvalue weighted by Gasteiger charge is 2.44. The molecule has 3 heteroatoms. The summed E-state index contributed by atoms with van der Waals surface area (Å²) in [5.41, 5.74) is 0. The maximum atomic E-state index is 14.3. The third-order valence-corrected chi connectivity index (χ3v) is 4.93. The molecule has 0 heterocycles. The highest BCUT2D eigenvalue weighted by molar-refractivity contribution is 4.92. The van der Waals surface area contributed by atoms with Crippen LogP contribution in [0.4, 0.5) is 8.78 Å². The van der Waals surface area contributed by atoms with Crippen LogP contribution in [-0.2, 0) is 4.74 Å². The zero-order valence-electron chi connectivity index (χ0n) is 14.4. The first kappa shape index (κ1) is 18.9. The summed E-state index contributed by atoms with van der Waals surface area (Å²) in [7, 11) is 0. The molecule has 0 spiro atoms. The van der Waals surface area contributed by atoms with Crippen LogP contribution in [-0.4, -0.2) is 25.1 Å². The summed E-state index contributed by atoms with van der Waals surface area (Å²) in [5.74, 6) is 1.31. The molecule has 0 aromatic rings. The molecule has 0 saturated heterocycles. The van der Waals surface area contributed by atoms with Gasteiger partial charge in [-0.2, -0.15) is 0 Å². The SMILES string of the molecule is CCOC1C(C)CC(CCC(C)CCC(C)C)C(F)C1F. The number of ether oxygens (including phenoxy) is 1. The molecular weight excluding hydrogens is 270 g/mol. The number of hydrogen-bond acceptors (Lipinski definition) is 1. The molecule has 0 amide bonds. The Hall–Kier alpha value is -0.180. The van der Waals surface area contributed by atoms with Gasteiger partial charge in [-0.05, 0) is 43.4 Å². The zero-order valence-corrected chi connectivity index (χ0v) is 14.4. The lowest BCUT2D eigenvalue weighted by Crippen LogP contribution is -2.47. The molecular formula is C18H34F2O.